The van der Waals surface area contributed by atoms with E-state index in [4.69, 9.17) is 11.6 Å². The minimum atomic E-state index is -0.547. The van der Waals surface area contributed by atoms with Crippen molar-refractivity contribution in [3.63, 3.8) is 0 Å². The van der Waals surface area contributed by atoms with Crippen molar-refractivity contribution in [3.8, 4) is 0 Å². The molecule has 1 heterocycles. The van der Waals surface area contributed by atoms with Gasteiger partial charge in [-0.15, -0.1) is 11.3 Å². The van der Waals surface area contributed by atoms with Gasteiger partial charge in [0.15, 0.2) is 0 Å². The minimum Gasteiger partial charge on any atom is -0.321 e. The standard InChI is InChI=1S/C24H31ClN2O2S/c1-23(2,3)14-11-12-15-18(13-14)30-21(27-22(29)24(4,5)6)19(15)20(28)26-17-10-8-7-9-16(17)25/h7-10,14H,11-13H2,1-6H3,(H,26,28)(H,27,29). The molecule has 0 radical (unpaired) electrons. The Bertz CT molecular complexity index is 967. The number of nitrogens with one attached hydrogen (secondary N) is 2. The van der Waals surface area contributed by atoms with Crippen LogP contribution in [0.4, 0.5) is 10.7 Å². The second kappa shape index (κ2) is 8.35. The third-order valence-corrected chi connectivity index (χ3v) is 7.25. The summed E-state index contributed by atoms with van der Waals surface area (Å²) in [6.07, 6.45) is 2.80. The number of amides is 2. The molecular formula is C24H31ClN2O2S. The fraction of sp³-hybridized carbons (Fsp3) is 0.500. The highest BCUT2D eigenvalue weighted by molar-refractivity contribution is 7.17. The third kappa shape index (κ3) is 4.89. The second-order valence-electron chi connectivity index (χ2n) is 10.2. The summed E-state index contributed by atoms with van der Waals surface area (Å²) in [6.45, 7) is 12.4. The number of carbonyl (C=O) groups is 2. The zero-order valence-electron chi connectivity index (χ0n) is 18.6. The van der Waals surface area contributed by atoms with E-state index in [0.29, 0.717) is 27.2 Å². The van der Waals surface area contributed by atoms with Crippen molar-refractivity contribution in [2.24, 2.45) is 16.7 Å². The Balaban J connectivity index is 1.99. The van der Waals surface area contributed by atoms with Crippen LogP contribution in [-0.2, 0) is 17.6 Å². The number of benzene rings is 1. The molecule has 1 aliphatic carbocycles. The molecule has 162 valence electrons. The molecule has 2 aromatic rings. The smallest absolute Gasteiger partial charge is 0.258 e. The van der Waals surface area contributed by atoms with E-state index in [9.17, 15) is 9.59 Å². The van der Waals surface area contributed by atoms with Crippen LogP contribution in [0.3, 0.4) is 0 Å². The lowest BCUT2D eigenvalue weighted by molar-refractivity contribution is -0.123. The number of para-hydroxylation sites is 1. The minimum absolute atomic E-state index is 0.0970. The van der Waals surface area contributed by atoms with Gasteiger partial charge in [0.2, 0.25) is 5.91 Å². The van der Waals surface area contributed by atoms with Gasteiger partial charge in [-0.1, -0.05) is 65.3 Å². The van der Waals surface area contributed by atoms with Crippen molar-refractivity contribution < 1.29 is 9.59 Å². The topological polar surface area (TPSA) is 58.2 Å². The molecule has 0 aliphatic heterocycles. The van der Waals surface area contributed by atoms with Crippen molar-refractivity contribution in [2.75, 3.05) is 10.6 Å². The maximum absolute atomic E-state index is 13.3. The lowest BCUT2D eigenvalue weighted by Crippen LogP contribution is -2.29. The predicted octanol–water partition coefficient (Wildman–Crippen LogP) is 6.79. The molecule has 3 rings (SSSR count). The van der Waals surface area contributed by atoms with E-state index in [1.165, 1.54) is 4.88 Å². The summed E-state index contributed by atoms with van der Waals surface area (Å²) in [4.78, 5) is 27.2. The Morgan fingerprint density at radius 3 is 2.33 bits per heavy atom. The number of hydrogen-bond acceptors (Lipinski definition) is 3. The summed E-state index contributed by atoms with van der Waals surface area (Å²) in [7, 11) is 0. The Morgan fingerprint density at radius 1 is 1.07 bits per heavy atom. The lowest BCUT2D eigenvalue weighted by atomic mass is 9.72. The lowest BCUT2D eigenvalue weighted by Gasteiger charge is -2.33. The molecule has 4 nitrogen and oxygen atoms in total. The number of carbonyl (C=O) groups excluding carboxylic acids is 2. The zero-order chi connectivity index (χ0) is 22.3. The maximum Gasteiger partial charge on any atom is 0.258 e. The number of hydrogen-bond donors (Lipinski definition) is 2. The summed E-state index contributed by atoms with van der Waals surface area (Å²) in [5, 5.41) is 7.10. The van der Waals surface area contributed by atoms with Gasteiger partial charge < -0.3 is 10.6 Å². The average Bonchev–Trinajstić information content (AvgIpc) is 2.99. The van der Waals surface area contributed by atoms with Crippen LogP contribution in [0.5, 0.6) is 0 Å². The number of thiophene rings is 1. The average molecular weight is 447 g/mol. The monoisotopic (exact) mass is 446 g/mol. The summed E-state index contributed by atoms with van der Waals surface area (Å²) in [5.41, 5.74) is 1.88. The highest BCUT2D eigenvalue weighted by Gasteiger charge is 2.35. The van der Waals surface area contributed by atoms with E-state index < -0.39 is 5.41 Å². The molecule has 0 saturated carbocycles. The van der Waals surface area contributed by atoms with Crippen LogP contribution in [0.2, 0.25) is 5.02 Å². The molecule has 6 heteroatoms. The van der Waals surface area contributed by atoms with Gasteiger partial charge in [0, 0.05) is 10.3 Å². The van der Waals surface area contributed by atoms with Crippen molar-refractivity contribution in [3.05, 3.63) is 45.3 Å². The molecule has 1 atom stereocenters. The number of anilines is 2. The van der Waals surface area contributed by atoms with Crippen LogP contribution < -0.4 is 10.6 Å². The molecule has 1 aliphatic rings. The van der Waals surface area contributed by atoms with Crippen molar-refractivity contribution >= 4 is 45.4 Å². The molecule has 30 heavy (non-hydrogen) atoms. The second-order valence-corrected chi connectivity index (χ2v) is 11.7. The summed E-state index contributed by atoms with van der Waals surface area (Å²) < 4.78 is 0. The molecule has 2 N–H and O–H groups in total. The Morgan fingerprint density at radius 2 is 1.73 bits per heavy atom. The van der Waals surface area contributed by atoms with Gasteiger partial charge in [-0.05, 0) is 48.3 Å². The van der Waals surface area contributed by atoms with Gasteiger partial charge in [0.25, 0.3) is 5.91 Å². The highest BCUT2D eigenvalue weighted by Crippen LogP contribution is 2.45. The third-order valence-electron chi connectivity index (χ3n) is 5.75. The molecule has 1 aromatic heterocycles. The molecule has 1 unspecified atom stereocenters. The van der Waals surface area contributed by atoms with Gasteiger partial charge >= 0.3 is 0 Å². The van der Waals surface area contributed by atoms with Crippen LogP contribution in [0.15, 0.2) is 24.3 Å². The first-order valence-electron chi connectivity index (χ1n) is 10.4. The first kappa shape index (κ1) is 22.8. The summed E-state index contributed by atoms with van der Waals surface area (Å²) in [5.74, 6) is 0.230. The summed E-state index contributed by atoms with van der Waals surface area (Å²) in [6, 6.07) is 7.19. The molecule has 0 saturated heterocycles. The first-order valence-corrected chi connectivity index (χ1v) is 11.6. The quantitative estimate of drug-likeness (QED) is 0.545. The van der Waals surface area contributed by atoms with Gasteiger partial charge in [-0.25, -0.2) is 0 Å². The van der Waals surface area contributed by atoms with E-state index >= 15 is 0 Å². The number of rotatable bonds is 3. The van der Waals surface area contributed by atoms with Crippen LogP contribution >= 0.6 is 22.9 Å². The largest absolute Gasteiger partial charge is 0.321 e. The molecule has 1 aromatic carbocycles. The zero-order valence-corrected chi connectivity index (χ0v) is 20.2. The Labute approximate surface area is 188 Å². The van der Waals surface area contributed by atoms with Crippen molar-refractivity contribution in [1.29, 1.82) is 0 Å². The fourth-order valence-electron chi connectivity index (χ4n) is 3.69. The van der Waals surface area contributed by atoms with E-state index in [2.05, 4.69) is 31.4 Å². The summed E-state index contributed by atoms with van der Waals surface area (Å²) >= 11 is 7.79. The van der Waals surface area contributed by atoms with Crippen LogP contribution in [0.25, 0.3) is 0 Å². The van der Waals surface area contributed by atoms with Gasteiger partial charge in [0.05, 0.1) is 16.3 Å². The van der Waals surface area contributed by atoms with Crippen LogP contribution in [0.1, 0.15) is 68.8 Å². The maximum atomic E-state index is 13.3. The SMILES string of the molecule is CC(C)(C)C(=O)Nc1sc2c(c1C(=O)Nc1ccccc1Cl)CCC(C(C)(C)C)C2. The van der Waals surface area contributed by atoms with Crippen LogP contribution in [0, 0.1) is 16.7 Å². The molecular weight excluding hydrogens is 416 g/mol. The van der Waals surface area contributed by atoms with Crippen molar-refractivity contribution in [1.82, 2.24) is 0 Å². The molecule has 2 amide bonds. The van der Waals surface area contributed by atoms with E-state index in [1.54, 1.807) is 23.5 Å². The van der Waals surface area contributed by atoms with E-state index in [1.807, 2.05) is 32.9 Å². The predicted molar refractivity (Wildman–Crippen MR) is 127 cm³/mol. The van der Waals surface area contributed by atoms with Gasteiger partial charge in [-0.2, -0.15) is 0 Å². The molecule has 0 spiro atoms. The van der Waals surface area contributed by atoms with E-state index in [-0.39, 0.29) is 17.2 Å². The van der Waals surface area contributed by atoms with Crippen molar-refractivity contribution in [2.45, 2.75) is 60.8 Å². The van der Waals surface area contributed by atoms with Gasteiger partial charge in [0.1, 0.15) is 5.00 Å². The molecule has 0 fully saturated rings. The number of fused-ring (bicyclic) bond motifs is 1. The Kier molecular flexibility index (Phi) is 6.35. The van der Waals surface area contributed by atoms with E-state index in [0.717, 1.165) is 24.8 Å². The molecule has 0 bridgehead atoms. The normalized spacial score (nSPS) is 16.7. The van der Waals surface area contributed by atoms with Crippen LogP contribution in [-0.4, -0.2) is 11.8 Å². The first-order chi connectivity index (χ1) is 13.9. The Hall–Kier alpha value is -1.85. The highest BCUT2D eigenvalue weighted by atomic mass is 35.5. The fourth-order valence-corrected chi connectivity index (χ4v) is 5.19. The number of halogens is 1. The van der Waals surface area contributed by atoms with Gasteiger partial charge in [-0.3, -0.25) is 9.59 Å².